The molecule has 0 aliphatic heterocycles. The van der Waals surface area contributed by atoms with Gasteiger partial charge in [-0.3, -0.25) is 4.79 Å². The van der Waals surface area contributed by atoms with Crippen molar-refractivity contribution in [3.05, 3.63) is 41.9 Å². The predicted octanol–water partition coefficient (Wildman–Crippen LogP) is 3.07. The summed E-state index contributed by atoms with van der Waals surface area (Å²) in [6.45, 7) is 4.50. The molecular formula is C17H22N4O2. The maximum Gasteiger partial charge on any atom is 0.270 e. The number of aromatic nitrogens is 2. The quantitative estimate of drug-likeness (QED) is 0.768. The molecule has 1 aromatic heterocycles. The van der Waals surface area contributed by atoms with E-state index in [0.29, 0.717) is 23.9 Å². The number of nitrogens with zero attached hydrogens (tertiary/aromatic N) is 2. The summed E-state index contributed by atoms with van der Waals surface area (Å²) in [6, 6.07) is 9.14. The third kappa shape index (κ3) is 4.95. The van der Waals surface area contributed by atoms with Crippen LogP contribution in [0.1, 0.15) is 36.1 Å². The Labute approximate surface area is 136 Å². The van der Waals surface area contributed by atoms with Gasteiger partial charge in [0.2, 0.25) is 0 Å². The fraction of sp³-hybridized carbons (Fsp3) is 0.353. The first kappa shape index (κ1) is 16.7. The molecule has 1 aromatic carbocycles. The monoisotopic (exact) mass is 314 g/mol. The van der Waals surface area contributed by atoms with E-state index in [2.05, 4.69) is 27.5 Å². The third-order valence-electron chi connectivity index (χ3n) is 3.25. The maximum atomic E-state index is 12.1. The standard InChI is InChI=1S/C17H22N4O2/c1-4-5-10-18-17(22)15-11-16(20-12(2)19-15)21-13-6-8-14(23-3)9-7-13/h6-9,11H,4-5,10H2,1-3H3,(H,18,22)(H,19,20,21). The van der Waals surface area contributed by atoms with Gasteiger partial charge in [0.05, 0.1) is 7.11 Å². The lowest BCUT2D eigenvalue weighted by molar-refractivity contribution is 0.0948. The molecule has 0 fully saturated rings. The van der Waals surface area contributed by atoms with Crippen molar-refractivity contribution < 1.29 is 9.53 Å². The number of unbranched alkanes of at least 4 members (excludes halogenated alkanes) is 1. The lowest BCUT2D eigenvalue weighted by Gasteiger charge is -2.09. The van der Waals surface area contributed by atoms with Crippen LogP contribution >= 0.6 is 0 Å². The van der Waals surface area contributed by atoms with Gasteiger partial charge >= 0.3 is 0 Å². The summed E-state index contributed by atoms with van der Waals surface area (Å²) in [5, 5.41) is 6.03. The number of hydrogen-bond acceptors (Lipinski definition) is 5. The normalized spacial score (nSPS) is 10.2. The Bertz CT molecular complexity index is 656. The molecule has 2 N–H and O–H groups in total. The molecule has 23 heavy (non-hydrogen) atoms. The second kappa shape index (κ2) is 8.12. The first-order valence-corrected chi connectivity index (χ1v) is 7.67. The smallest absolute Gasteiger partial charge is 0.270 e. The van der Waals surface area contributed by atoms with Crippen LogP contribution in [0.4, 0.5) is 11.5 Å². The molecule has 0 unspecified atom stereocenters. The zero-order valence-electron chi connectivity index (χ0n) is 13.7. The highest BCUT2D eigenvalue weighted by molar-refractivity contribution is 5.93. The summed E-state index contributed by atoms with van der Waals surface area (Å²) >= 11 is 0. The molecule has 1 heterocycles. The number of anilines is 2. The minimum Gasteiger partial charge on any atom is -0.497 e. The van der Waals surface area contributed by atoms with Crippen LogP contribution in [0.3, 0.4) is 0 Å². The van der Waals surface area contributed by atoms with Gasteiger partial charge in [0, 0.05) is 18.3 Å². The summed E-state index contributed by atoms with van der Waals surface area (Å²) in [6.07, 6.45) is 1.99. The lowest BCUT2D eigenvalue weighted by atomic mass is 10.3. The van der Waals surface area contributed by atoms with Gasteiger partial charge in [-0.15, -0.1) is 0 Å². The molecule has 0 bridgehead atoms. The largest absolute Gasteiger partial charge is 0.497 e. The molecule has 0 radical (unpaired) electrons. The lowest BCUT2D eigenvalue weighted by Crippen LogP contribution is -2.25. The maximum absolute atomic E-state index is 12.1. The molecule has 6 nitrogen and oxygen atoms in total. The molecule has 122 valence electrons. The molecule has 0 atom stereocenters. The summed E-state index contributed by atoms with van der Waals surface area (Å²) in [4.78, 5) is 20.6. The molecule has 0 saturated carbocycles. The van der Waals surface area contributed by atoms with E-state index < -0.39 is 0 Å². The number of aryl methyl sites for hydroxylation is 1. The number of amides is 1. The number of carbonyl (C=O) groups is 1. The van der Waals surface area contributed by atoms with Crippen LogP contribution in [-0.2, 0) is 0 Å². The Morgan fingerprint density at radius 2 is 1.96 bits per heavy atom. The molecule has 1 amide bonds. The van der Waals surface area contributed by atoms with Crippen molar-refractivity contribution in [2.75, 3.05) is 19.0 Å². The van der Waals surface area contributed by atoms with Crippen LogP contribution < -0.4 is 15.4 Å². The molecule has 2 aromatic rings. The van der Waals surface area contributed by atoms with Crippen molar-refractivity contribution in [1.29, 1.82) is 0 Å². The Kier molecular flexibility index (Phi) is 5.91. The molecular weight excluding hydrogens is 292 g/mol. The van der Waals surface area contributed by atoms with Gasteiger partial charge in [0.1, 0.15) is 23.1 Å². The van der Waals surface area contributed by atoms with Gasteiger partial charge in [-0.25, -0.2) is 9.97 Å². The average Bonchev–Trinajstić information content (AvgIpc) is 2.55. The van der Waals surface area contributed by atoms with E-state index in [-0.39, 0.29) is 5.91 Å². The molecule has 0 spiro atoms. The first-order valence-electron chi connectivity index (χ1n) is 7.67. The van der Waals surface area contributed by atoms with E-state index in [1.54, 1.807) is 20.1 Å². The zero-order valence-corrected chi connectivity index (χ0v) is 13.7. The van der Waals surface area contributed by atoms with Gasteiger partial charge in [-0.2, -0.15) is 0 Å². The van der Waals surface area contributed by atoms with Crippen LogP contribution in [0.15, 0.2) is 30.3 Å². The van der Waals surface area contributed by atoms with E-state index in [4.69, 9.17) is 4.74 Å². The first-order chi connectivity index (χ1) is 11.1. The van der Waals surface area contributed by atoms with Crippen molar-refractivity contribution in [2.45, 2.75) is 26.7 Å². The second-order valence-electron chi connectivity index (χ2n) is 5.15. The summed E-state index contributed by atoms with van der Waals surface area (Å²) in [5.74, 6) is 1.74. The van der Waals surface area contributed by atoms with Gasteiger partial charge in [0.25, 0.3) is 5.91 Å². The van der Waals surface area contributed by atoms with Gasteiger partial charge < -0.3 is 15.4 Å². The topological polar surface area (TPSA) is 76.1 Å². The summed E-state index contributed by atoms with van der Waals surface area (Å²) in [7, 11) is 1.62. The Morgan fingerprint density at radius 3 is 2.61 bits per heavy atom. The number of rotatable bonds is 7. The van der Waals surface area contributed by atoms with E-state index in [0.717, 1.165) is 24.3 Å². The van der Waals surface area contributed by atoms with Crippen molar-refractivity contribution in [3.63, 3.8) is 0 Å². The third-order valence-corrected chi connectivity index (χ3v) is 3.25. The highest BCUT2D eigenvalue weighted by Crippen LogP contribution is 2.19. The van der Waals surface area contributed by atoms with Gasteiger partial charge in [-0.1, -0.05) is 13.3 Å². The van der Waals surface area contributed by atoms with E-state index in [9.17, 15) is 4.79 Å². The molecule has 6 heteroatoms. The van der Waals surface area contributed by atoms with Crippen molar-refractivity contribution in [1.82, 2.24) is 15.3 Å². The Hall–Kier alpha value is -2.63. The van der Waals surface area contributed by atoms with Crippen LogP contribution in [-0.4, -0.2) is 29.5 Å². The fourth-order valence-corrected chi connectivity index (χ4v) is 2.04. The van der Waals surface area contributed by atoms with Crippen LogP contribution in [0.5, 0.6) is 5.75 Å². The average molecular weight is 314 g/mol. The van der Waals surface area contributed by atoms with Crippen molar-refractivity contribution in [2.24, 2.45) is 0 Å². The minimum atomic E-state index is -0.179. The number of nitrogens with one attached hydrogen (secondary N) is 2. The van der Waals surface area contributed by atoms with Crippen molar-refractivity contribution >= 4 is 17.4 Å². The predicted molar refractivity (Wildman–Crippen MR) is 90.3 cm³/mol. The zero-order chi connectivity index (χ0) is 16.7. The van der Waals surface area contributed by atoms with Crippen LogP contribution in [0, 0.1) is 6.92 Å². The second-order valence-corrected chi connectivity index (χ2v) is 5.15. The highest BCUT2D eigenvalue weighted by Gasteiger charge is 2.10. The summed E-state index contributed by atoms with van der Waals surface area (Å²) < 4.78 is 5.13. The van der Waals surface area contributed by atoms with Crippen LogP contribution in [0.25, 0.3) is 0 Å². The summed E-state index contributed by atoms with van der Waals surface area (Å²) in [5.41, 5.74) is 1.23. The van der Waals surface area contributed by atoms with E-state index >= 15 is 0 Å². The Morgan fingerprint density at radius 1 is 1.22 bits per heavy atom. The molecule has 2 rings (SSSR count). The van der Waals surface area contributed by atoms with E-state index in [1.807, 2.05) is 24.3 Å². The van der Waals surface area contributed by atoms with Crippen LogP contribution in [0.2, 0.25) is 0 Å². The highest BCUT2D eigenvalue weighted by atomic mass is 16.5. The Balaban J connectivity index is 2.11. The SMILES string of the molecule is CCCCNC(=O)c1cc(Nc2ccc(OC)cc2)nc(C)n1. The molecule has 0 saturated heterocycles. The van der Waals surface area contributed by atoms with E-state index in [1.165, 1.54) is 0 Å². The molecule has 0 aliphatic carbocycles. The number of hydrogen-bond donors (Lipinski definition) is 2. The van der Waals surface area contributed by atoms with Gasteiger partial charge in [-0.05, 0) is 37.6 Å². The van der Waals surface area contributed by atoms with Gasteiger partial charge in [0.15, 0.2) is 0 Å². The minimum absolute atomic E-state index is 0.179. The number of carbonyl (C=O) groups excluding carboxylic acids is 1. The number of methoxy groups -OCH3 is 1. The van der Waals surface area contributed by atoms with Crippen molar-refractivity contribution in [3.8, 4) is 5.75 Å². The fourth-order valence-electron chi connectivity index (χ4n) is 2.04. The number of ether oxygens (including phenoxy) is 1. The number of benzene rings is 1. The molecule has 0 aliphatic rings.